The monoisotopic (exact) mass is 348 g/mol. The van der Waals surface area contributed by atoms with E-state index in [1.165, 1.54) is 10.6 Å². The number of fused-ring (bicyclic) bond motifs is 1. The molecular weight excluding hydrogens is 336 g/mol. The highest BCUT2D eigenvalue weighted by Gasteiger charge is 2.27. The van der Waals surface area contributed by atoms with E-state index in [1.807, 2.05) is 12.1 Å². The molecular formula is C15H13BrN2O3. The predicted octanol–water partition coefficient (Wildman–Crippen LogP) is 2.13. The number of nitrogens with zero attached hydrogens (tertiary/aromatic N) is 1. The van der Waals surface area contributed by atoms with E-state index in [0.717, 1.165) is 9.86 Å². The molecule has 1 unspecified atom stereocenters. The van der Waals surface area contributed by atoms with Crippen LogP contribution in [0.1, 0.15) is 25.3 Å². The summed E-state index contributed by atoms with van der Waals surface area (Å²) in [5.41, 5.74) is 0.458. The lowest BCUT2D eigenvalue weighted by atomic mass is 10.1. The van der Waals surface area contributed by atoms with Gasteiger partial charge >= 0.3 is 0 Å². The summed E-state index contributed by atoms with van der Waals surface area (Å²) in [6.07, 6.45) is 1.38. The van der Waals surface area contributed by atoms with Crippen molar-refractivity contribution in [1.82, 2.24) is 9.88 Å². The van der Waals surface area contributed by atoms with Crippen LogP contribution in [0.4, 0.5) is 0 Å². The maximum Gasteiger partial charge on any atom is 0.251 e. The number of rotatable bonds is 1. The molecule has 2 heterocycles. The first kappa shape index (κ1) is 14.0. The van der Waals surface area contributed by atoms with Gasteiger partial charge in [0, 0.05) is 17.0 Å². The lowest BCUT2D eigenvalue weighted by Gasteiger charge is -2.18. The van der Waals surface area contributed by atoms with Crippen LogP contribution in [0.2, 0.25) is 0 Å². The predicted molar refractivity (Wildman–Crippen MR) is 81.9 cm³/mol. The van der Waals surface area contributed by atoms with Crippen LogP contribution in [0.5, 0.6) is 0 Å². The van der Waals surface area contributed by atoms with E-state index in [0.29, 0.717) is 24.8 Å². The summed E-state index contributed by atoms with van der Waals surface area (Å²) >= 11 is 3.39. The lowest BCUT2D eigenvalue weighted by Crippen LogP contribution is -2.37. The van der Waals surface area contributed by atoms with Gasteiger partial charge in [0.2, 0.25) is 11.8 Å². The summed E-state index contributed by atoms with van der Waals surface area (Å²) < 4.78 is 2.39. The van der Waals surface area contributed by atoms with Crippen molar-refractivity contribution in [1.29, 1.82) is 0 Å². The molecule has 6 heteroatoms. The van der Waals surface area contributed by atoms with Gasteiger partial charge < -0.3 is 0 Å². The fourth-order valence-corrected chi connectivity index (χ4v) is 3.06. The van der Waals surface area contributed by atoms with Crippen LogP contribution >= 0.6 is 15.9 Å². The number of halogens is 1. The second-order valence-electron chi connectivity index (χ2n) is 5.07. The number of pyridine rings is 1. The Morgan fingerprint density at radius 2 is 1.95 bits per heavy atom. The molecule has 2 aromatic rings. The molecule has 1 aliphatic heterocycles. The Morgan fingerprint density at radius 1 is 1.14 bits per heavy atom. The number of aromatic nitrogens is 1. The topological polar surface area (TPSA) is 68.2 Å². The zero-order valence-electron chi connectivity index (χ0n) is 11.1. The van der Waals surface area contributed by atoms with Crippen molar-refractivity contribution in [2.24, 2.45) is 0 Å². The minimum absolute atomic E-state index is 0.237. The van der Waals surface area contributed by atoms with Crippen LogP contribution in [0.25, 0.3) is 10.9 Å². The van der Waals surface area contributed by atoms with E-state index in [1.54, 1.807) is 12.1 Å². The van der Waals surface area contributed by atoms with Gasteiger partial charge in [-0.05, 0) is 42.5 Å². The molecule has 5 nitrogen and oxygen atoms in total. The number of carbonyl (C=O) groups is 2. The van der Waals surface area contributed by atoms with Gasteiger partial charge in [-0.3, -0.25) is 24.3 Å². The largest absolute Gasteiger partial charge is 0.296 e. The van der Waals surface area contributed by atoms with E-state index in [4.69, 9.17) is 0 Å². The summed E-state index contributed by atoms with van der Waals surface area (Å²) in [6, 6.07) is 8.07. The van der Waals surface area contributed by atoms with Gasteiger partial charge in [-0.25, -0.2) is 0 Å². The van der Waals surface area contributed by atoms with Gasteiger partial charge in [-0.15, -0.1) is 0 Å². The number of hydrogen-bond acceptors (Lipinski definition) is 3. The van der Waals surface area contributed by atoms with Gasteiger partial charge in [0.1, 0.15) is 6.04 Å². The Hall–Kier alpha value is -1.95. The van der Waals surface area contributed by atoms with E-state index >= 15 is 0 Å². The molecule has 1 atom stereocenters. The first-order chi connectivity index (χ1) is 10.1. The molecule has 1 N–H and O–H groups in total. The average Bonchev–Trinajstić information content (AvgIpc) is 2.60. The minimum atomic E-state index is -0.645. The standard InChI is InChI=1S/C15H13BrN2O3/c16-10-5-6-11-9(8-10)4-7-14(20)18(11)12-2-1-3-13(19)17-15(12)21/h4-8,12H,1-3H2,(H,17,19,21). The highest BCUT2D eigenvalue weighted by Crippen LogP contribution is 2.24. The molecule has 0 radical (unpaired) electrons. The van der Waals surface area contributed by atoms with Crippen molar-refractivity contribution in [2.45, 2.75) is 25.3 Å². The number of imide groups is 1. The van der Waals surface area contributed by atoms with Crippen molar-refractivity contribution >= 4 is 38.6 Å². The van der Waals surface area contributed by atoms with Crippen LogP contribution in [-0.2, 0) is 9.59 Å². The zero-order valence-corrected chi connectivity index (χ0v) is 12.7. The van der Waals surface area contributed by atoms with Crippen molar-refractivity contribution in [2.75, 3.05) is 0 Å². The van der Waals surface area contributed by atoms with Crippen molar-refractivity contribution in [3.05, 3.63) is 45.2 Å². The Morgan fingerprint density at radius 3 is 2.76 bits per heavy atom. The highest BCUT2D eigenvalue weighted by molar-refractivity contribution is 9.10. The number of carbonyl (C=O) groups excluding carboxylic acids is 2. The summed E-state index contributed by atoms with van der Waals surface area (Å²) in [6.45, 7) is 0. The summed E-state index contributed by atoms with van der Waals surface area (Å²) in [4.78, 5) is 35.9. The number of hydrogen-bond donors (Lipinski definition) is 1. The first-order valence-electron chi connectivity index (χ1n) is 6.71. The van der Waals surface area contributed by atoms with Crippen LogP contribution in [0.3, 0.4) is 0 Å². The van der Waals surface area contributed by atoms with E-state index in [2.05, 4.69) is 21.2 Å². The second kappa shape index (κ2) is 5.44. The summed E-state index contributed by atoms with van der Waals surface area (Å²) in [5, 5.41) is 3.21. The van der Waals surface area contributed by atoms with Crippen LogP contribution in [0.15, 0.2) is 39.6 Å². The second-order valence-corrected chi connectivity index (χ2v) is 5.98. The highest BCUT2D eigenvalue weighted by atomic mass is 79.9. The Labute approximate surface area is 129 Å². The summed E-state index contributed by atoms with van der Waals surface area (Å²) in [7, 11) is 0. The zero-order chi connectivity index (χ0) is 15.0. The van der Waals surface area contributed by atoms with Gasteiger partial charge in [0.25, 0.3) is 5.56 Å². The quantitative estimate of drug-likeness (QED) is 0.802. The molecule has 1 aromatic heterocycles. The van der Waals surface area contributed by atoms with Gasteiger partial charge in [0.05, 0.1) is 5.52 Å². The van der Waals surface area contributed by atoms with E-state index in [9.17, 15) is 14.4 Å². The smallest absolute Gasteiger partial charge is 0.251 e. The minimum Gasteiger partial charge on any atom is -0.296 e. The molecule has 3 rings (SSSR count). The Kier molecular flexibility index (Phi) is 3.63. The molecule has 1 fully saturated rings. The van der Waals surface area contributed by atoms with Crippen molar-refractivity contribution < 1.29 is 9.59 Å². The summed E-state index contributed by atoms with van der Waals surface area (Å²) in [5.74, 6) is -0.687. The third kappa shape index (κ3) is 2.63. The third-order valence-electron chi connectivity index (χ3n) is 3.65. The van der Waals surface area contributed by atoms with Crippen LogP contribution in [0, 0.1) is 0 Å². The van der Waals surface area contributed by atoms with Crippen LogP contribution < -0.4 is 10.9 Å². The normalized spacial score (nSPS) is 19.4. The van der Waals surface area contributed by atoms with Gasteiger partial charge in [-0.1, -0.05) is 15.9 Å². The molecule has 2 amide bonds. The Balaban J connectivity index is 2.19. The first-order valence-corrected chi connectivity index (χ1v) is 7.50. The molecule has 0 bridgehead atoms. The Bertz CT molecular complexity index is 797. The van der Waals surface area contributed by atoms with Gasteiger partial charge in [-0.2, -0.15) is 0 Å². The maximum absolute atomic E-state index is 12.2. The average molecular weight is 349 g/mol. The number of nitrogens with one attached hydrogen (secondary N) is 1. The van der Waals surface area contributed by atoms with Crippen LogP contribution in [-0.4, -0.2) is 16.4 Å². The third-order valence-corrected chi connectivity index (χ3v) is 4.14. The maximum atomic E-state index is 12.2. The van der Waals surface area contributed by atoms with E-state index in [-0.39, 0.29) is 11.5 Å². The number of benzene rings is 1. The van der Waals surface area contributed by atoms with Crippen molar-refractivity contribution in [3.63, 3.8) is 0 Å². The van der Waals surface area contributed by atoms with E-state index < -0.39 is 11.9 Å². The molecule has 0 saturated carbocycles. The molecule has 1 aliphatic rings. The molecule has 0 spiro atoms. The fourth-order valence-electron chi connectivity index (χ4n) is 2.68. The lowest BCUT2D eigenvalue weighted by molar-refractivity contribution is -0.131. The van der Waals surface area contributed by atoms with Gasteiger partial charge in [0.15, 0.2) is 0 Å². The van der Waals surface area contributed by atoms with Crippen molar-refractivity contribution in [3.8, 4) is 0 Å². The fraction of sp³-hybridized carbons (Fsp3) is 0.267. The molecule has 1 saturated heterocycles. The number of amides is 2. The molecule has 0 aliphatic carbocycles. The molecule has 108 valence electrons. The molecule has 21 heavy (non-hydrogen) atoms. The molecule has 1 aromatic carbocycles. The SMILES string of the molecule is O=C1CCCC(n2c(=O)ccc3cc(Br)ccc32)C(=O)N1.